The highest BCUT2D eigenvalue weighted by molar-refractivity contribution is 9.10. The number of nitrogens with two attached hydrogens (primary N) is 1. The Morgan fingerprint density at radius 2 is 1.95 bits per heavy atom. The topological polar surface area (TPSA) is 72.6 Å². The third kappa shape index (κ3) is 3.06. The molecule has 0 aliphatic heterocycles. The highest BCUT2D eigenvalue weighted by Crippen LogP contribution is 2.25. The summed E-state index contributed by atoms with van der Waals surface area (Å²) in [6.45, 7) is 0.120. The van der Waals surface area contributed by atoms with E-state index in [9.17, 15) is 9.90 Å². The van der Waals surface area contributed by atoms with Gasteiger partial charge >= 0.3 is 5.97 Å². The zero-order chi connectivity index (χ0) is 13.8. The number of carbonyl (C=O) groups excluding carboxylic acids is 1. The normalized spacial score (nSPS) is 10.2. The Balaban J connectivity index is 2.10. The Labute approximate surface area is 118 Å². The highest BCUT2D eigenvalue weighted by atomic mass is 79.9. The van der Waals surface area contributed by atoms with E-state index in [1.165, 1.54) is 12.1 Å². The van der Waals surface area contributed by atoms with Gasteiger partial charge in [-0.1, -0.05) is 40.2 Å². The van der Waals surface area contributed by atoms with Gasteiger partial charge in [-0.3, -0.25) is 0 Å². The Morgan fingerprint density at radius 1 is 1.21 bits per heavy atom. The van der Waals surface area contributed by atoms with Crippen LogP contribution in [-0.4, -0.2) is 11.1 Å². The van der Waals surface area contributed by atoms with Gasteiger partial charge in [0.05, 0.1) is 5.69 Å². The summed E-state index contributed by atoms with van der Waals surface area (Å²) in [6, 6.07) is 12.0. The fourth-order valence-corrected chi connectivity index (χ4v) is 1.96. The van der Waals surface area contributed by atoms with Crippen LogP contribution in [0, 0.1) is 0 Å². The van der Waals surface area contributed by atoms with E-state index in [-0.39, 0.29) is 23.6 Å². The number of hydrogen-bond donors (Lipinski definition) is 2. The first-order chi connectivity index (χ1) is 9.09. The molecule has 0 saturated heterocycles. The van der Waals surface area contributed by atoms with Gasteiger partial charge in [-0.25, -0.2) is 4.79 Å². The Morgan fingerprint density at radius 3 is 2.68 bits per heavy atom. The van der Waals surface area contributed by atoms with E-state index < -0.39 is 5.97 Å². The maximum Gasteiger partial charge on any atom is 0.342 e. The first-order valence-corrected chi connectivity index (χ1v) is 6.37. The first-order valence-electron chi connectivity index (χ1n) is 5.57. The Bertz CT molecular complexity index is 613. The van der Waals surface area contributed by atoms with Crippen molar-refractivity contribution in [2.45, 2.75) is 6.61 Å². The molecule has 0 saturated carbocycles. The molecule has 0 heterocycles. The van der Waals surface area contributed by atoms with Crippen molar-refractivity contribution >= 4 is 27.6 Å². The summed E-state index contributed by atoms with van der Waals surface area (Å²) in [7, 11) is 0. The van der Waals surface area contributed by atoms with Gasteiger partial charge < -0.3 is 15.6 Å². The predicted molar refractivity (Wildman–Crippen MR) is 75.8 cm³/mol. The molecule has 0 amide bonds. The molecule has 0 aliphatic rings. The lowest BCUT2D eigenvalue weighted by Gasteiger charge is -2.08. The van der Waals surface area contributed by atoms with Gasteiger partial charge in [0.25, 0.3) is 0 Å². The molecule has 2 aromatic rings. The van der Waals surface area contributed by atoms with E-state index in [0.29, 0.717) is 0 Å². The van der Waals surface area contributed by atoms with Crippen LogP contribution in [-0.2, 0) is 11.3 Å². The van der Waals surface area contributed by atoms with Crippen molar-refractivity contribution in [1.82, 2.24) is 0 Å². The molecule has 3 N–H and O–H groups in total. The molecule has 5 heteroatoms. The molecule has 2 rings (SSSR count). The van der Waals surface area contributed by atoms with Crippen molar-refractivity contribution < 1.29 is 14.6 Å². The summed E-state index contributed by atoms with van der Waals surface area (Å²) in [4.78, 5) is 11.8. The van der Waals surface area contributed by atoms with Crippen molar-refractivity contribution in [3.05, 3.63) is 58.1 Å². The summed E-state index contributed by atoms with van der Waals surface area (Å²) in [5.41, 5.74) is 6.58. The number of rotatable bonds is 3. The molecule has 0 unspecified atom stereocenters. The van der Waals surface area contributed by atoms with Gasteiger partial charge in [-0.15, -0.1) is 0 Å². The second-order valence-electron chi connectivity index (χ2n) is 3.91. The molecule has 98 valence electrons. The lowest BCUT2D eigenvalue weighted by atomic mass is 10.2. The van der Waals surface area contributed by atoms with Gasteiger partial charge in [0.15, 0.2) is 5.75 Å². The van der Waals surface area contributed by atoms with E-state index in [1.807, 2.05) is 24.3 Å². The molecule has 4 nitrogen and oxygen atoms in total. The van der Waals surface area contributed by atoms with E-state index in [2.05, 4.69) is 15.9 Å². The van der Waals surface area contributed by atoms with Gasteiger partial charge in [-0.05, 0) is 18.2 Å². The quantitative estimate of drug-likeness (QED) is 0.517. The zero-order valence-corrected chi connectivity index (χ0v) is 11.6. The molecule has 0 fully saturated rings. The SMILES string of the molecule is Nc1cccc(C(=O)OCc2ccccc2Br)c1O. The smallest absolute Gasteiger partial charge is 0.342 e. The summed E-state index contributed by atoms with van der Waals surface area (Å²) >= 11 is 3.37. The minimum Gasteiger partial charge on any atom is -0.505 e. The number of hydrogen-bond acceptors (Lipinski definition) is 4. The number of phenolic OH excluding ortho intramolecular Hbond substituents is 1. The summed E-state index contributed by atoms with van der Waals surface area (Å²) in [6.07, 6.45) is 0. The third-order valence-electron chi connectivity index (χ3n) is 2.60. The van der Waals surface area contributed by atoms with Gasteiger partial charge in [0.1, 0.15) is 12.2 Å². The van der Waals surface area contributed by atoms with E-state index in [1.54, 1.807) is 6.07 Å². The molecule has 0 aromatic heterocycles. The van der Waals surface area contributed by atoms with Gasteiger partial charge in [-0.2, -0.15) is 0 Å². The van der Waals surface area contributed by atoms with Crippen molar-refractivity contribution in [2.75, 3.05) is 5.73 Å². The number of phenols is 1. The molecule has 0 bridgehead atoms. The highest BCUT2D eigenvalue weighted by Gasteiger charge is 2.14. The van der Waals surface area contributed by atoms with Crippen LogP contribution >= 0.6 is 15.9 Å². The molecule has 19 heavy (non-hydrogen) atoms. The van der Waals surface area contributed by atoms with Crippen LogP contribution in [0.4, 0.5) is 5.69 Å². The number of carbonyl (C=O) groups is 1. The standard InChI is InChI=1S/C14H12BrNO3/c15-11-6-2-1-4-9(11)8-19-14(18)10-5-3-7-12(16)13(10)17/h1-7,17H,8,16H2. The van der Waals surface area contributed by atoms with Crippen LogP contribution in [0.25, 0.3) is 0 Å². The fraction of sp³-hybridized carbons (Fsp3) is 0.0714. The van der Waals surface area contributed by atoms with Gasteiger partial charge in [0, 0.05) is 10.0 Å². The fourth-order valence-electron chi connectivity index (χ4n) is 1.56. The van der Waals surface area contributed by atoms with Crippen LogP contribution < -0.4 is 5.73 Å². The number of anilines is 1. The predicted octanol–water partition coefficient (Wildman–Crippen LogP) is 3.09. The maximum atomic E-state index is 11.8. The second kappa shape index (κ2) is 5.75. The van der Waals surface area contributed by atoms with E-state index >= 15 is 0 Å². The number of nitrogen functional groups attached to an aromatic ring is 1. The summed E-state index contributed by atoms with van der Waals surface area (Å²) in [5.74, 6) is -0.861. The summed E-state index contributed by atoms with van der Waals surface area (Å²) in [5, 5.41) is 9.68. The Hall–Kier alpha value is -2.01. The lowest BCUT2D eigenvalue weighted by molar-refractivity contribution is 0.0469. The molecular weight excluding hydrogens is 310 g/mol. The number of halogens is 1. The molecule has 0 radical (unpaired) electrons. The molecule has 2 aromatic carbocycles. The molecule has 0 aliphatic carbocycles. The number of ether oxygens (including phenoxy) is 1. The number of esters is 1. The monoisotopic (exact) mass is 321 g/mol. The third-order valence-corrected chi connectivity index (χ3v) is 3.38. The van der Waals surface area contributed by atoms with Crippen molar-refractivity contribution in [1.29, 1.82) is 0 Å². The van der Waals surface area contributed by atoms with Crippen molar-refractivity contribution in [3.8, 4) is 5.75 Å². The maximum absolute atomic E-state index is 11.8. The average Bonchev–Trinajstić information content (AvgIpc) is 2.40. The zero-order valence-electron chi connectivity index (χ0n) is 9.97. The number of aromatic hydroxyl groups is 1. The number of benzene rings is 2. The molecular formula is C14H12BrNO3. The van der Waals surface area contributed by atoms with Crippen molar-refractivity contribution in [3.63, 3.8) is 0 Å². The van der Waals surface area contributed by atoms with Crippen molar-refractivity contribution in [2.24, 2.45) is 0 Å². The first kappa shape index (κ1) is 13.4. The average molecular weight is 322 g/mol. The number of para-hydroxylation sites is 1. The minimum atomic E-state index is -0.611. The largest absolute Gasteiger partial charge is 0.505 e. The van der Waals surface area contributed by atoms with Crippen LogP contribution in [0.1, 0.15) is 15.9 Å². The van der Waals surface area contributed by atoms with Crippen LogP contribution in [0.5, 0.6) is 5.75 Å². The summed E-state index contributed by atoms with van der Waals surface area (Å²) < 4.78 is 6.01. The minimum absolute atomic E-state index is 0.0621. The second-order valence-corrected chi connectivity index (χ2v) is 4.77. The van der Waals surface area contributed by atoms with E-state index in [4.69, 9.17) is 10.5 Å². The van der Waals surface area contributed by atoms with Crippen LogP contribution in [0.15, 0.2) is 46.9 Å². The molecule has 0 spiro atoms. The Kier molecular flexibility index (Phi) is 4.06. The van der Waals surface area contributed by atoms with Crippen LogP contribution in [0.3, 0.4) is 0 Å². The van der Waals surface area contributed by atoms with E-state index in [0.717, 1.165) is 10.0 Å². The van der Waals surface area contributed by atoms with Crippen LogP contribution in [0.2, 0.25) is 0 Å². The van der Waals surface area contributed by atoms with Gasteiger partial charge in [0.2, 0.25) is 0 Å². The molecule has 0 atom stereocenters. The lowest BCUT2D eigenvalue weighted by Crippen LogP contribution is -2.06.